The molecule has 0 spiro atoms. The second kappa shape index (κ2) is 2.07. The molecule has 0 bridgehead atoms. The number of carbonyl (C=O) groups is 1. The first kappa shape index (κ1) is 7.33. The van der Waals surface area contributed by atoms with Gasteiger partial charge in [0, 0.05) is 0 Å². The second-order valence-corrected chi connectivity index (χ2v) is 1.71. The first-order valence-electron chi connectivity index (χ1n) is 2.08. The summed E-state index contributed by atoms with van der Waals surface area (Å²) in [5.41, 5.74) is 4.46. The van der Waals surface area contributed by atoms with Gasteiger partial charge >= 0.3 is 0 Å². The predicted molar refractivity (Wildman–Crippen MR) is 24.4 cm³/mol. The summed E-state index contributed by atoms with van der Waals surface area (Å²) in [4.78, 5) is 9.76. The molecule has 4 heteroatoms. The number of amides is 1. The van der Waals surface area contributed by atoms with Crippen molar-refractivity contribution in [2.45, 2.75) is 19.3 Å². The van der Waals surface area contributed by atoms with Gasteiger partial charge in [0.25, 0.3) is 5.92 Å². The molecule has 0 atom stereocenters. The smallest absolute Gasteiger partial charge is 0.254 e. The van der Waals surface area contributed by atoms with Crippen LogP contribution in [0.15, 0.2) is 0 Å². The summed E-state index contributed by atoms with van der Waals surface area (Å²) in [6.07, 6.45) is -0.868. The minimum absolute atomic E-state index is 0.651. The molecule has 0 rings (SSSR count). The van der Waals surface area contributed by atoms with Crippen molar-refractivity contribution in [3.8, 4) is 0 Å². The van der Waals surface area contributed by atoms with Crippen LogP contribution in [0, 0.1) is 0 Å². The highest BCUT2D eigenvalue weighted by Crippen LogP contribution is 2.14. The first-order valence-corrected chi connectivity index (χ1v) is 2.08. The van der Waals surface area contributed by atoms with Crippen molar-refractivity contribution in [2.75, 3.05) is 0 Å². The first-order chi connectivity index (χ1) is 3.42. The average Bonchev–Trinajstić information content (AvgIpc) is 1.21. The molecule has 0 aromatic rings. The molecule has 0 aliphatic heterocycles. The highest BCUT2D eigenvalue weighted by atomic mass is 19.3. The van der Waals surface area contributed by atoms with Gasteiger partial charge in [0.05, 0.1) is 6.42 Å². The molecule has 0 saturated heterocycles. The Morgan fingerprint density at radius 2 is 2.12 bits per heavy atom. The van der Waals surface area contributed by atoms with Crippen molar-refractivity contribution >= 4 is 5.91 Å². The molecule has 8 heavy (non-hydrogen) atoms. The Morgan fingerprint density at radius 1 is 1.75 bits per heavy atom. The highest BCUT2D eigenvalue weighted by Gasteiger charge is 2.23. The van der Waals surface area contributed by atoms with E-state index in [1.807, 2.05) is 0 Å². The van der Waals surface area contributed by atoms with Gasteiger partial charge in [-0.3, -0.25) is 4.79 Å². The fraction of sp³-hybridized carbons (Fsp3) is 0.750. The van der Waals surface area contributed by atoms with Crippen LogP contribution in [0.4, 0.5) is 8.78 Å². The van der Waals surface area contributed by atoms with Crippen LogP contribution in [0.3, 0.4) is 0 Å². The van der Waals surface area contributed by atoms with Gasteiger partial charge in [0.15, 0.2) is 0 Å². The third-order valence-electron chi connectivity index (χ3n) is 0.485. The van der Waals surface area contributed by atoms with Gasteiger partial charge < -0.3 is 5.73 Å². The number of alkyl halides is 2. The number of rotatable bonds is 2. The van der Waals surface area contributed by atoms with E-state index in [4.69, 9.17) is 0 Å². The lowest BCUT2D eigenvalue weighted by molar-refractivity contribution is -0.124. The number of nitrogens with two attached hydrogens (primary N) is 1. The van der Waals surface area contributed by atoms with E-state index >= 15 is 0 Å². The maximum Gasteiger partial charge on any atom is 0.254 e. The quantitative estimate of drug-likeness (QED) is 0.571. The Kier molecular flexibility index (Phi) is 1.89. The van der Waals surface area contributed by atoms with Crippen LogP contribution in [0.1, 0.15) is 13.3 Å². The van der Waals surface area contributed by atoms with Crippen LogP contribution < -0.4 is 5.73 Å². The van der Waals surface area contributed by atoms with E-state index in [2.05, 4.69) is 5.73 Å². The number of hydrogen-bond donors (Lipinski definition) is 1. The van der Waals surface area contributed by atoms with E-state index in [0.29, 0.717) is 6.92 Å². The molecular formula is C4H7F2NO. The molecule has 0 aromatic heterocycles. The Balaban J connectivity index is 3.55. The van der Waals surface area contributed by atoms with Crippen LogP contribution >= 0.6 is 0 Å². The largest absolute Gasteiger partial charge is 0.369 e. The SMILES string of the molecule is CC(F)(F)CC(N)=O. The van der Waals surface area contributed by atoms with Gasteiger partial charge in [-0.2, -0.15) is 0 Å². The Labute approximate surface area is 45.7 Å². The Hall–Kier alpha value is -0.670. The lowest BCUT2D eigenvalue weighted by atomic mass is 10.3. The maximum atomic E-state index is 11.7. The average molecular weight is 123 g/mol. The van der Waals surface area contributed by atoms with Gasteiger partial charge in [-0.1, -0.05) is 0 Å². The van der Waals surface area contributed by atoms with Crippen molar-refractivity contribution < 1.29 is 13.6 Å². The van der Waals surface area contributed by atoms with Crippen molar-refractivity contribution in [2.24, 2.45) is 5.73 Å². The number of primary amides is 1. The molecule has 48 valence electrons. The molecule has 2 N–H and O–H groups in total. The van der Waals surface area contributed by atoms with Gasteiger partial charge in [-0.25, -0.2) is 8.78 Å². The van der Waals surface area contributed by atoms with E-state index in [1.165, 1.54) is 0 Å². The summed E-state index contributed by atoms with van der Waals surface area (Å²) in [5, 5.41) is 0. The Morgan fingerprint density at radius 3 is 2.12 bits per heavy atom. The molecule has 0 aliphatic carbocycles. The molecule has 0 aromatic carbocycles. The van der Waals surface area contributed by atoms with E-state index in [1.54, 1.807) is 0 Å². The van der Waals surface area contributed by atoms with E-state index < -0.39 is 18.3 Å². The van der Waals surface area contributed by atoms with Gasteiger partial charge in [0.1, 0.15) is 0 Å². The minimum Gasteiger partial charge on any atom is -0.369 e. The highest BCUT2D eigenvalue weighted by molar-refractivity contribution is 5.74. The van der Waals surface area contributed by atoms with Gasteiger partial charge in [-0.05, 0) is 6.92 Å². The summed E-state index contributed by atoms with van der Waals surface area (Å²) in [6.45, 7) is 0.651. The van der Waals surface area contributed by atoms with Crippen molar-refractivity contribution in [1.29, 1.82) is 0 Å². The van der Waals surface area contributed by atoms with Crippen LogP contribution in [0.2, 0.25) is 0 Å². The fourth-order valence-corrected chi connectivity index (χ4v) is 0.306. The molecule has 0 fully saturated rings. The molecule has 0 aliphatic rings. The summed E-state index contributed by atoms with van der Waals surface area (Å²) in [7, 11) is 0. The van der Waals surface area contributed by atoms with Gasteiger partial charge in [0.2, 0.25) is 5.91 Å². The van der Waals surface area contributed by atoms with Crippen LogP contribution in [0.5, 0.6) is 0 Å². The van der Waals surface area contributed by atoms with Crippen molar-refractivity contribution in [3.63, 3.8) is 0 Å². The number of hydrogen-bond acceptors (Lipinski definition) is 1. The summed E-state index contributed by atoms with van der Waals surface area (Å²) in [5.74, 6) is -3.93. The monoisotopic (exact) mass is 123 g/mol. The van der Waals surface area contributed by atoms with Crippen LogP contribution in [-0.2, 0) is 4.79 Å². The third-order valence-corrected chi connectivity index (χ3v) is 0.485. The zero-order valence-corrected chi connectivity index (χ0v) is 4.45. The third kappa shape index (κ3) is 5.33. The maximum absolute atomic E-state index is 11.7. The van der Waals surface area contributed by atoms with Crippen molar-refractivity contribution in [3.05, 3.63) is 0 Å². The predicted octanol–water partition coefficient (Wildman–Crippen LogP) is 0.517. The lowest BCUT2D eigenvalue weighted by Gasteiger charge is -2.04. The summed E-state index contributed by atoms with van der Waals surface area (Å²) < 4.78 is 23.3. The van der Waals surface area contributed by atoms with Crippen LogP contribution in [0.25, 0.3) is 0 Å². The zero-order valence-electron chi connectivity index (χ0n) is 4.45. The molecule has 0 heterocycles. The second-order valence-electron chi connectivity index (χ2n) is 1.71. The van der Waals surface area contributed by atoms with E-state index in [0.717, 1.165) is 0 Å². The molecular weight excluding hydrogens is 116 g/mol. The van der Waals surface area contributed by atoms with Gasteiger partial charge in [-0.15, -0.1) is 0 Å². The van der Waals surface area contributed by atoms with Crippen LogP contribution in [-0.4, -0.2) is 11.8 Å². The summed E-state index contributed by atoms with van der Waals surface area (Å²) in [6, 6.07) is 0. The minimum atomic E-state index is -2.95. The molecule has 1 amide bonds. The number of carbonyl (C=O) groups excluding carboxylic acids is 1. The zero-order chi connectivity index (χ0) is 6.78. The van der Waals surface area contributed by atoms with E-state index in [9.17, 15) is 13.6 Å². The van der Waals surface area contributed by atoms with Crippen molar-refractivity contribution in [1.82, 2.24) is 0 Å². The number of halogens is 2. The van der Waals surface area contributed by atoms with E-state index in [-0.39, 0.29) is 0 Å². The Bertz CT molecular complexity index is 96.7. The summed E-state index contributed by atoms with van der Waals surface area (Å²) >= 11 is 0. The molecule has 0 radical (unpaired) electrons. The topological polar surface area (TPSA) is 43.1 Å². The fourth-order valence-electron chi connectivity index (χ4n) is 0.306. The lowest BCUT2D eigenvalue weighted by Crippen LogP contribution is -2.22. The molecule has 2 nitrogen and oxygen atoms in total. The standard InChI is InChI=1S/C4H7F2NO/c1-4(5,6)2-3(7)8/h2H2,1H3,(H2,7,8). The molecule has 0 saturated carbocycles. The molecule has 0 unspecified atom stereocenters. The normalized spacial score (nSPS) is 11.4.